The Kier molecular flexibility index (Phi) is 8.45. The summed E-state index contributed by atoms with van der Waals surface area (Å²) in [5.74, 6) is -1.11. The number of sulfone groups is 1. The summed E-state index contributed by atoms with van der Waals surface area (Å²) in [5.41, 5.74) is 10.8. The molecule has 33 heavy (non-hydrogen) atoms. The predicted molar refractivity (Wildman–Crippen MR) is 121 cm³/mol. The van der Waals surface area contributed by atoms with Crippen LogP contribution in [0.15, 0.2) is 36.4 Å². The Hall–Kier alpha value is -3.55. The van der Waals surface area contributed by atoms with Crippen molar-refractivity contribution in [1.82, 2.24) is 0 Å². The van der Waals surface area contributed by atoms with Crippen LogP contribution in [0.2, 0.25) is 0 Å². The van der Waals surface area contributed by atoms with Crippen LogP contribution in [0.4, 0.5) is 21.0 Å². The van der Waals surface area contributed by atoms with E-state index >= 15 is 0 Å². The number of urea groups is 2. The molecule has 0 saturated carbocycles. The maximum atomic E-state index is 12.7. The molecule has 0 radical (unpaired) electrons. The Morgan fingerprint density at radius 1 is 0.848 bits per heavy atom. The van der Waals surface area contributed by atoms with Gasteiger partial charge in [-0.25, -0.2) is 18.0 Å². The van der Waals surface area contributed by atoms with E-state index in [1.807, 2.05) is 0 Å². The summed E-state index contributed by atoms with van der Waals surface area (Å²) in [6.07, 6.45) is -3.06. The van der Waals surface area contributed by atoms with Crippen molar-refractivity contribution in [3.63, 3.8) is 0 Å². The summed E-state index contributed by atoms with van der Waals surface area (Å²) in [6, 6.07) is 6.82. The van der Waals surface area contributed by atoms with Crippen molar-refractivity contribution < 1.29 is 37.7 Å². The molecule has 0 fully saturated rings. The summed E-state index contributed by atoms with van der Waals surface area (Å²) in [4.78, 5) is 22.2. The van der Waals surface area contributed by atoms with Gasteiger partial charge in [0.25, 0.3) is 0 Å². The van der Waals surface area contributed by atoms with Crippen molar-refractivity contribution in [2.24, 2.45) is 11.5 Å². The molecule has 2 rings (SSSR count). The Morgan fingerprint density at radius 3 is 1.52 bits per heavy atom. The molecule has 180 valence electrons. The van der Waals surface area contributed by atoms with Gasteiger partial charge in [0.2, 0.25) is 0 Å². The zero-order valence-electron chi connectivity index (χ0n) is 17.9. The van der Waals surface area contributed by atoms with Crippen LogP contribution >= 0.6 is 0 Å². The average molecular weight is 483 g/mol. The van der Waals surface area contributed by atoms with Crippen molar-refractivity contribution in [3.05, 3.63) is 47.5 Å². The second-order valence-corrected chi connectivity index (χ2v) is 9.15. The minimum Gasteiger partial charge on any atom is -0.496 e. The van der Waals surface area contributed by atoms with Crippen molar-refractivity contribution in [3.8, 4) is 11.5 Å². The smallest absolute Gasteiger partial charge is 0.316 e. The first-order valence-corrected chi connectivity index (χ1v) is 11.3. The molecule has 8 N–H and O–H groups in total. The van der Waals surface area contributed by atoms with Gasteiger partial charge in [0, 0.05) is 22.5 Å². The molecule has 4 amide bonds. The third kappa shape index (κ3) is 7.24. The zero-order valence-corrected chi connectivity index (χ0v) is 18.8. The van der Waals surface area contributed by atoms with Crippen LogP contribution < -0.4 is 31.6 Å². The first kappa shape index (κ1) is 25.7. The summed E-state index contributed by atoms with van der Waals surface area (Å²) in [6.45, 7) is 0. The van der Waals surface area contributed by atoms with Gasteiger partial charge in [0.15, 0.2) is 9.84 Å². The number of carbonyl (C=O) groups is 2. The highest BCUT2D eigenvalue weighted by atomic mass is 32.2. The molecule has 0 aliphatic carbocycles. The maximum Gasteiger partial charge on any atom is 0.316 e. The van der Waals surface area contributed by atoms with E-state index in [4.69, 9.17) is 20.9 Å². The van der Waals surface area contributed by atoms with E-state index in [2.05, 4.69) is 10.6 Å². The van der Waals surface area contributed by atoms with E-state index in [1.165, 1.54) is 50.6 Å². The van der Waals surface area contributed by atoms with E-state index in [0.29, 0.717) is 0 Å². The lowest BCUT2D eigenvalue weighted by Crippen LogP contribution is -2.23. The number of carbonyl (C=O) groups excluding carboxylic acids is 2. The monoisotopic (exact) mass is 482 g/mol. The average Bonchev–Trinajstić information content (AvgIpc) is 2.72. The van der Waals surface area contributed by atoms with Crippen molar-refractivity contribution >= 4 is 33.3 Å². The third-order valence-corrected chi connectivity index (χ3v) is 6.18. The number of benzene rings is 2. The van der Waals surface area contributed by atoms with Crippen LogP contribution in [0.1, 0.15) is 23.3 Å². The van der Waals surface area contributed by atoms with Gasteiger partial charge in [0.05, 0.1) is 37.9 Å². The number of nitrogens with two attached hydrogens (primary N) is 2. The van der Waals surface area contributed by atoms with E-state index in [1.54, 1.807) is 0 Å². The molecular formula is C20H26N4O8S. The molecule has 12 nitrogen and oxygen atoms in total. The molecule has 0 spiro atoms. The lowest BCUT2D eigenvalue weighted by Gasteiger charge is -2.19. The number of hydrogen-bond acceptors (Lipinski definition) is 8. The molecule has 0 heterocycles. The number of hydrogen-bond donors (Lipinski definition) is 6. The number of anilines is 2. The number of amides is 4. The van der Waals surface area contributed by atoms with Crippen LogP contribution in [0, 0.1) is 0 Å². The molecule has 2 atom stereocenters. The van der Waals surface area contributed by atoms with Crippen LogP contribution in [-0.4, -0.2) is 56.4 Å². The summed E-state index contributed by atoms with van der Waals surface area (Å²) < 4.78 is 35.8. The quantitative estimate of drug-likeness (QED) is 0.286. The fourth-order valence-corrected chi connectivity index (χ4v) is 4.62. The van der Waals surface area contributed by atoms with Crippen LogP contribution in [-0.2, 0) is 9.84 Å². The molecule has 0 saturated heterocycles. The highest BCUT2D eigenvalue weighted by molar-refractivity contribution is 7.91. The van der Waals surface area contributed by atoms with E-state index in [-0.39, 0.29) is 34.0 Å². The van der Waals surface area contributed by atoms with Gasteiger partial charge in [-0.05, 0) is 36.4 Å². The molecular weight excluding hydrogens is 456 g/mol. The topological polar surface area (TPSA) is 203 Å². The normalized spacial score (nSPS) is 13.0. The van der Waals surface area contributed by atoms with Crippen molar-refractivity contribution in [2.45, 2.75) is 12.2 Å². The van der Waals surface area contributed by atoms with Gasteiger partial charge >= 0.3 is 12.1 Å². The Morgan fingerprint density at radius 2 is 1.21 bits per heavy atom. The number of ether oxygens (including phenoxy) is 2. The lowest BCUT2D eigenvalue weighted by molar-refractivity contribution is 0.189. The highest BCUT2D eigenvalue weighted by Gasteiger charge is 2.27. The first-order valence-electron chi connectivity index (χ1n) is 9.51. The number of nitrogens with one attached hydrogen (secondary N) is 2. The fraction of sp³-hybridized carbons (Fsp3) is 0.300. The number of primary amides is 2. The minimum atomic E-state index is -4.03. The van der Waals surface area contributed by atoms with Crippen molar-refractivity contribution in [1.29, 1.82) is 0 Å². The SMILES string of the molecule is COc1ccc(NC(N)=O)cc1C(O)CS(=O)(=O)CC(O)c1cc(NC(N)=O)ccc1OC. The van der Waals surface area contributed by atoms with E-state index in [0.717, 1.165) is 0 Å². The largest absolute Gasteiger partial charge is 0.496 e. The first-order chi connectivity index (χ1) is 15.5. The molecule has 2 aromatic rings. The number of rotatable bonds is 10. The number of methoxy groups -OCH3 is 2. The van der Waals surface area contributed by atoms with Gasteiger partial charge < -0.3 is 41.8 Å². The van der Waals surface area contributed by atoms with Gasteiger partial charge in [-0.15, -0.1) is 0 Å². The molecule has 2 unspecified atom stereocenters. The second-order valence-electron chi connectivity index (χ2n) is 7.00. The van der Waals surface area contributed by atoms with Crippen LogP contribution in [0.5, 0.6) is 11.5 Å². The Bertz CT molecular complexity index is 1040. The highest BCUT2D eigenvalue weighted by Crippen LogP contribution is 2.32. The molecule has 2 aromatic carbocycles. The van der Waals surface area contributed by atoms with E-state index in [9.17, 15) is 28.2 Å². The summed E-state index contributed by atoms with van der Waals surface area (Å²) >= 11 is 0. The predicted octanol–water partition coefficient (Wildman–Crippen LogP) is 0.867. The number of aliphatic hydroxyl groups excluding tert-OH is 2. The van der Waals surface area contributed by atoms with Gasteiger partial charge in [-0.3, -0.25) is 0 Å². The minimum absolute atomic E-state index is 0.104. The van der Waals surface area contributed by atoms with Crippen LogP contribution in [0.3, 0.4) is 0 Å². The zero-order chi connectivity index (χ0) is 24.8. The second kappa shape index (κ2) is 10.8. The molecule has 0 bridgehead atoms. The van der Waals surface area contributed by atoms with Gasteiger partial charge in [-0.1, -0.05) is 0 Å². The van der Waals surface area contributed by atoms with E-state index < -0.39 is 45.6 Å². The standard InChI is InChI=1S/C20H26N4O8S/c1-31-17-5-3-11(23-19(21)27)7-13(17)15(25)9-33(29,30)10-16(26)14-8-12(24-20(22)28)4-6-18(14)32-2/h3-8,15-16,25-26H,9-10H2,1-2H3,(H3,21,23,27)(H3,22,24,28). The third-order valence-electron chi connectivity index (χ3n) is 4.54. The van der Waals surface area contributed by atoms with Gasteiger partial charge in [-0.2, -0.15) is 0 Å². The molecule has 0 aromatic heterocycles. The van der Waals surface area contributed by atoms with Crippen LogP contribution in [0.25, 0.3) is 0 Å². The fourth-order valence-electron chi connectivity index (χ4n) is 3.16. The maximum absolute atomic E-state index is 12.7. The summed E-state index contributed by atoms with van der Waals surface area (Å²) in [5, 5.41) is 25.8. The Labute approximate surface area is 190 Å². The van der Waals surface area contributed by atoms with Crippen molar-refractivity contribution in [2.75, 3.05) is 36.4 Å². The lowest BCUT2D eigenvalue weighted by atomic mass is 10.1. The molecule has 0 aliphatic rings. The van der Waals surface area contributed by atoms with Gasteiger partial charge in [0.1, 0.15) is 11.5 Å². The number of aliphatic hydroxyl groups is 2. The summed E-state index contributed by atoms with van der Waals surface area (Å²) in [7, 11) is -1.36. The molecule has 0 aliphatic heterocycles. The molecule has 13 heteroatoms. The Balaban J connectivity index is 2.24.